The summed E-state index contributed by atoms with van der Waals surface area (Å²) in [5.74, 6) is 1.39. The lowest BCUT2D eigenvalue weighted by molar-refractivity contribution is -0.111. The topological polar surface area (TPSA) is 122 Å². The van der Waals surface area contributed by atoms with Crippen LogP contribution in [0.5, 0.6) is 0 Å². The molecular formula is C40H49N9O2. The Bertz CT molecular complexity index is 1990. The second-order valence-corrected chi connectivity index (χ2v) is 14.1. The number of hydrogen-bond donors (Lipinski definition) is 3. The summed E-state index contributed by atoms with van der Waals surface area (Å²) in [7, 11) is 1.80. The number of likely N-dealkylation sites (tertiary alicyclic amines) is 1. The average Bonchev–Trinajstić information content (AvgIpc) is 3.59. The number of carbonyl (C=O) groups is 1. The van der Waals surface area contributed by atoms with Gasteiger partial charge in [0.05, 0.1) is 18.0 Å². The van der Waals surface area contributed by atoms with E-state index in [1.165, 1.54) is 19.3 Å². The van der Waals surface area contributed by atoms with Gasteiger partial charge in [-0.15, -0.1) is 0 Å². The highest BCUT2D eigenvalue weighted by Crippen LogP contribution is 2.32. The number of ether oxygens (including phenoxy) is 1. The Hall–Kier alpha value is -4.87. The summed E-state index contributed by atoms with van der Waals surface area (Å²) in [4.78, 5) is 29.8. The third-order valence-corrected chi connectivity index (χ3v) is 10.2. The normalized spacial score (nSPS) is 18.5. The van der Waals surface area contributed by atoms with Crippen LogP contribution in [0, 0.1) is 0 Å². The van der Waals surface area contributed by atoms with Crippen molar-refractivity contribution in [3.8, 4) is 11.3 Å². The molecule has 5 aromatic rings. The molecule has 51 heavy (non-hydrogen) atoms. The maximum Gasteiger partial charge on any atom is 0.248 e. The lowest BCUT2D eigenvalue weighted by Crippen LogP contribution is -2.30. The van der Waals surface area contributed by atoms with Crippen LogP contribution in [0.2, 0.25) is 0 Å². The van der Waals surface area contributed by atoms with E-state index in [1.54, 1.807) is 17.7 Å². The summed E-state index contributed by atoms with van der Waals surface area (Å²) >= 11 is 0. The number of carbonyl (C=O) groups excluding carboxylic acids is 1. The highest BCUT2D eigenvalue weighted by atomic mass is 16.5. The molecule has 1 aliphatic carbocycles. The zero-order valence-corrected chi connectivity index (χ0v) is 29.9. The fourth-order valence-electron chi connectivity index (χ4n) is 7.29. The number of piperidine rings is 1. The van der Waals surface area contributed by atoms with Crippen molar-refractivity contribution >= 4 is 39.9 Å². The van der Waals surface area contributed by atoms with Crippen molar-refractivity contribution < 1.29 is 9.53 Å². The van der Waals surface area contributed by atoms with Gasteiger partial charge in [-0.3, -0.25) is 14.7 Å². The van der Waals surface area contributed by atoms with Crippen molar-refractivity contribution in [2.75, 3.05) is 42.7 Å². The number of hydrogen-bond acceptors (Lipinski definition) is 9. The third kappa shape index (κ3) is 8.21. The standard InChI is InChI=1S/C40H49N9O2/c1-27(2)35-26-43-49-38(35)46-39(45-30-13-16-32(51-3)17-14-30)47-40(49)42-25-29-10-5-6-11-33(29)37-34-18-15-31(24-28(34)19-20-41-37)44-36(50)12-9-23-48-21-7-4-8-22-48/h5-6,9-12,15,18-20,24,26-27,30,32H,4,7-8,13-14,16-17,21-23,25H2,1-3H3,(H,44,50)(H2,42,45,46,47)/b12-9+. The van der Waals surface area contributed by atoms with Crippen LogP contribution in [-0.4, -0.2) is 74.3 Å². The molecule has 3 N–H and O–H groups in total. The Morgan fingerprint density at radius 2 is 1.84 bits per heavy atom. The number of benzene rings is 2. The summed E-state index contributed by atoms with van der Waals surface area (Å²) in [6.45, 7) is 7.85. The van der Waals surface area contributed by atoms with Crippen molar-refractivity contribution in [3.05, 3.63) is 84.2 Å². The Morgan fingerprint density at radius 1 is 1.02 bits per heavy atom. The molecule has 7 rings (SSSR count). The molecule has 1 aliphatic heterocycles. The lowest BCUT2D eigenvalue weighted by Gasteiger charge is -2.28. The van der Waals surface area contributed by atoms with Gasteiger partial charge in [-0.25, -0.2) is 0 Å². The van der Waals surface area contributed by atoms with E-state index in [0.29, 0.717) is 30.6 Å². The minimum absolute atomic E-state index is 0.120. The molecule has 11 heteroatoms. The van der Waals surface area contributed by atoms with Crippen LogP contribution in [-0.2, 0) is 16.1 Å². The molecule has 4 heterocycles. The first-order valence-corrected chi connectivity index (χ1v) is 18.4. The van der Waals surface area contributed by atoms with Crippen molar-refractivity contribution in [1.29, 1.82) is 0 Å². The van der Waals surface area contributed by atoms with Crippen LogP contribution in [0.3, 0.4) is 0 Å². The smallest absolute Gasteiger partial charge is 0.248 e. The van der Waals surface area contributed by atoms with Gasteiger partial charge in [-0.05, 0) is 86.7 Å². The second kappa shape index (κ2) is 16.0. The van der Waals surface area contributed by atoms with Gasteiger partial charge in [0, 0.05) is 60.7 Å². The second-order valence-electron chi connectivity index (χ2n) is 14.1. The van der Waals surface area contributed by atoms with E-state index >= 15 is 0 Å². The SMILES string of the molecule is COC1CCC(Nc2nc(NCc3ccccc3-c3nccc4cc(NC(=O)/C=C/CN5CCCCC5)ccc34)n3ncc(C(C)C)c3n2)CC1. The predicted octanol–water partition coefficient (Wildman–Crippen LogP) is 7.43. The van der Waals surface area contributed by atoms with Gasteiger partial charge in [-0.1, -0.05) is 56.7 Å². The number of methoxy groups -OCH3 is 1. The number of pyridine rings is 1. The number of nitrogens with one attached hydrogen (secondary N) is 3. The quantitative estimate of drug-likeness (QED) is 0.115. The molecule has 2 aromatic carbocycles. The fourth-order valence-corrected chi connectivity index (χ4v) is 7.29. The molecule has 0 bridgehead atoms. The third-order valence-electron chi connectivity index (χ3n) is 10.2. The molecular weight excluding hydrogens is 639 g/mol. The number of anilines is 3. The van der Waals surface area contributed by atoms with Crippen LogP contribution in [0.15, 0.2) is 73.1 Å². The fraction of sp³-hybridized carbons (Fsp3) is 0.425. The van der Waals surface area contributed by atoms with Crippen molar-refractivity contribution in [2.24, 2.45) is 0 Å². The molecule has 1 saturated heterocycles. The molecule has 266 valence electrons. The van der Waals surface area contributed by atoms with Gasteiger partial charge in [0.25, 0.3) is 0 Å². The highest BCUT2D eigenvalue weighted by Gasteiger charge is 2.23. The van der Waals surface area contributed by atoms with E-state index in [2.05, 4.69) is 51.9 Å². The summed E-state index contributed by atoms with van der Waals surface area (Å²) in [5.41, 5.74) is 5.62. The maximum absolute atomic E-state index is 12.7. The summed E-state index contributed by atoms with van der Waals surface area (Å²) in [6.07, 6.45) is 15.5. The summed E-state index contributed by atoms with van der Waals surface area (Å²) < 4.78 is 7.39. The molecule has 3 aromatic heterocycles. The van der Waals surface area contributed by atoms with Crippen LogP contribution >= 0.6 is 0 Å². The molecule has 0 spiro atoms. The van der Waals surface area contributed by atoms with E-state index in [9.17, 15) is 4.79 Å². The summed E-state index contributed by atoms with van der Waals surface area (Å²) in [5, 5.41) is 16.9. The first-order valence-electron chi connectivity index (χ1n) is 18.4. The van der Waals surface area contributed by atoms with Gasteiger partial charge >= 0.3 is 0 Å². The number of nitrogens with zero attached hydrogens (tertiary/aromatic N) is 6. The van der Waals surface area contributed by atoms with E-state index in [0.717, 1.165) is 89.8 Å². The minimum Gasteiger partial charge on any atom is -0.381 e. The number of amides is 1. The number of rotatable bonds is 12. The Kier molecular flexibility index (Phi) is 10.8. The first-order chi connectivity index (χ1) is 24.9. The number of aromatic nitrogens is 5. The average molecular weight is 688 g/mol. The molecule has 1 saturated carbocycles. The van der Waals surface area contributed by atoms with Crippen LogP contribution in [0.25, 0.3) is 27.7 Å². The van der Waals surface area contributed by atoms with E-state index < -0.39 is 0 Å². The number of fused-ring (bicyclic) bond motifs is 2. The predicted molar refractivity (Wildman–Crippen MR) is 204 cm³/mol. The molecule has 2 fully saturated rings. The van der Waals surface area contributed by atoms with Gasteiger partial charge in [-0.2, -0.15) is 19.6 Å². The van der Waals surface area contributed by atoms with Crippen LogP contribution < -0.4 is 16.0 Å². The zero-order chi connectivity index (χ0) is 35.2. The highest BCUT2D eigenvalue weighted by molar-refractivity contribution is 6.02. The van der Waals surface area contributed by atoms with E-state index in [-0.39, 0.29) is 11.8 Å². The first kappa shape index (κ1) is 34.6. The van der Waals surface area contributed by atoms with Gasteiger partial charge in [0.2, 0.25) is 17.8 Å². The minimum atomic E-state index is -0.120. The Morgan fingerprint density at radius 3 is 2.65 bits per heavy atom. The molecule has 0 radical (unpaired) electrons. The lowest BCUT2D eigenvalue weighted by atomic mass is 9.93. The largest absolute Gasteiger partial charge is 0.381 e. The van der Waals surface area contributed by atoms with Gasteiger partial charge < -0.3 is 20.7 Å². The van der Waals surface area contributed by atoms with Crippen molar-refractivity contribution in [2.45, 2.75) is 83.4 Å². The van der Waals surface area contributed by atoms with Gasteiger partial charge in [0.15, 0.2) is 5.65 Å². The van der Waals surface area contributed by atoms with Gasteiger partial charge in [0.1, 0.15) is 0 Å². The van der Waals surface area contributed by atoms with Crippen molar-refractivity contribution in [1.82, 2.24) is 29.5 Å². The monoisotopic (exact) mass is 687 g/mol. The molecule has 0 atom stereocenters. The Labute approximate surface area is 299 Å². The summed E-state index contributed by atoms with van der Waals surface area (Å²) in [6, 6.07) is 16.6. The molecule has 1 amide bonds. The molecule has 11 nitrogen and oxygen atoms in total. The maximum atomic E-state index is 12.7. The Balaban J connectivity index is 1.09. The zero-order valence-electron chi connectivity index (χ0n) is 29.9. The van der Waals surface area contributed by atoms with Crippen molar-refractivity contribution in [3.63, 3.8) is 0 Å². The molecule has 2 aliphatic rings. The molecule has 0 unspecified atom stereocenters. The van der Waals surface area contributed by atoms with Crippen LogP contribution in [0.1, 0.15) is 75.8 Å². The van der Waals surface area contributed by atoms with E-state index in [1.807, 2.05) is 54.9 Å². The van der Waals surface area contributed by atoms with E-state index in [4.69, 9.17) is 19.7 Å². The van der Waals surface area contributed by atoms with Crippen LogP contribution in [0.4, 0.5) is 17.6 Å².